The van der Waals surface area contributed by atoms with Gasteiger partial charge < -0.3 is 20.3 Å². The number of morpholine rings is 1. The minimum atomic E-state index is -2.93. The maximum Gasteiger partial charge on any atom is 0.270 e. The van der Waals surface area contributed by atoms with Crippen molar-refractivity contribution in [1.82, 2.24) is 20.2 Å². The molecule has 0 saturated carbocycles. The van der Waals surface area contributed by atoms with Gasteiger partial charge in [-0.25, -0.2) is 18.2 Å². The number of nitrogens with one attached hydrogen (secondary N) is 2. The van der Waals surface area contributed by atoms with Crippen molar-refractivity contribution in [2.75, 3.05) is 48.9 Å². The lowest BCUT2D eigenvalue weighted by Gasteiger charge is -2.26. The molecule has 182 valence electrons. The van der Waals surface area contributed by atoms with Crippen LogP contribution in [-0.4, -0.2) is 53.5 Å². The zero-order valence-electron chi connectivity index (χ0n) is 19.6. The Kier molecular flexibility index (Phi) is 8.21. The van der Waals surface area contributed by atoms with Gasteiger partial charge in [0.1, 0.15) is 0 Å². The van der Waals surface area contributed by atoms with E-state index in [0.29, 0.717) is 49.2 Å². The molecular formula is C23H28F3N7O. The quantitative estimate of drug-likeness (QED) is 0.524. The monoisotopic (exact) mass is 475 g/mol. The summed E-state index contributed by atoms with van der Waals surface area (Å²) in [6.07, 6.45) is 1.10. The van der Waals surface area contributed by atoms with Crippen molar-refractivity contribution >= 4 is 23.4 Å². The lowest BCUT2D eigenvalue weighted by molar-refractivity contribution is 0.0175. The van der Waals surface area contributed by atoms with E-state index >= 15 is 0 Å². The molecule has 8 nitrogen and oxygen atoms in total. The van der Waals surface area contributed by atoms with Crippen molar-refractivity contribution in [3.63, 3.8) is 0 Å². The van der Waals surface area contributed by atoms with E-state index in [4.69, 9.17) is 4.74 Å². The highest BCUT2D eigenvalue weighted by molar-refractivity contribution is 5.77. The van der Waals surface area contributed by atoms with Gasteiger partial charge in [0.25, 0.3) is 5.92 Å². The van der Waals surface area contributed by atoms with Crippen LogP contribution in [-0.2, 0) is 10.7 Å². The summed E-state index contributed by atoms with van der Waals surface area (Å²) in [5.41, 5.74) is 1.17. The Balaban J connectivity index is 0.00000158. The molecule has 34 heavy (non-hydrogen) atoms. The van der Waals surface area contributed by atoms with Crippen LogP contribution in [0, 0.1) is 5.82 Å². The molecule has 3 heterocycles. The number of nitrogens with zero attached hydrogens (tertiary/aromatic N) is 5. The Labute approximate surface area is 196 Å². The average Bonchev–Trinajstić information content (AvgIpc) is 2.86. The average molecular weight is 476 g/mol. The largest absolute Gasteiger partial charge is 0.378 e. The van der Waals surface area contributed by atoms with Crippen molar-refractivity contribution in [2.24, 2.45) is 0 Å². The van der Waals surface area contributed by atoms with Crippen LogP contribution < -0.4 is 15.5 Å². The van der Waals surface area contributed by atoms with E-state index in [0.717, 1.165) is 13.1 Å². The van der Waals surface area contributed by atoms with Crippen LogP contribution in [0.4, 0.5) is 36.6 Å². The van der Waals surface area contributed by atoms with E-state index in [2.05, 4.69) is 30.8 Å². The summed E-state index contributed by atoms with van der Waals surface area (Å²) >= 11 is 0. The highest BCUT2D eigenvalue weighted by atomic mass is 19.3. The van der Waals surface area contributed by atoms with E-state index < -0.39 is 11.7 Å². The molecule has 1 aromatic carbocycles. The number of hydrogen-bond donors (Lipinski definition) is 2. The SMILES string of the molecule is CC.CNc1nnc(Nc2nc(N3CCOCC3)ncc2F)cc1-c1ccc(C(C)(F)F)cc1. The molecular weight excluding hydrogens is 447 g/mol. The summed E-state index contributed by atoms with van der Waals surface area (Å²) in [5.74, 6) is -2.54. The minimum absolute atomic E-state index is 0.0417. The van der Waals surface area contributed by atoms with Gasteiger partial charge in [-0.05, 0) is 11.6 Å². The molecule has 0 bridgehead atoms. The summed E-state index contributed by atoms with van der Waals surface area (Å²) < 4.78 is 46.8. The van der Waals surface area contributed by atoms with Gasteiger partial charge in [-0.1, -0.05) is 38.1 Å². The van der Waals surface area contributed by atoms with E-state index in [1.54, 1.807) is 25.2 Å². The van der Waals surface area contributed by atoms with Gasteiger partial charge in [0.2, 0.25) is 5.95 Å². The molecule has 1 aliphatic rings. The Bertz CT molecular complexity index is 1080. The van der Waals surface area contributed by atoms with Crippen LogP contribution in [0.5, 0.6) is 0 Å². The molecule has 3 aromatic rings. The Morgan fingerprint density at radius 1 is 1.03 bits per heavy atom. The molecule has 1 saturated heterocycles. The normalized spacial score (nSPS) is 13.7. The number of aromatic nitrogens is 4. The first-order valence-corrected chi connectivity index (χ1v) is 11.0. The topological polar surface area (TPSA) is 88.1 Å². The van der Waals surface area contributed by atoms with Crippen LogP contribution >= 0.6 is 0 Å². The van der Waals surface area contributed by atoms with Crippen molar-refractivity contribution < 1.29 is 17.9 Å². The van der Waals surface area contributed by atoms with Crippen molar-refractivity contribution in [1.29, 1.82) is 0 Å². The Morgan fingerprint density at radius 2 is 1.71 bits per heavy atom. The zero-order valence-corrected chi connectivity index (χ0v) is 19.6. The molecule has 11 heteroatoms. The molecule has 0 amide bonds. The number of rotatable bonds is 6. The molecule has 4 rings (SSSR count). The van der Waals surface area contributed by atoms with Crippen LogP contribution in [0.3, 0.4) is 0 Å². The third-order valence-corrected chi connectivity index (χ3v) is 5.01. The smallest absolute Gasteiger partial charge is 0.270 e. The number of hydrogen-bond acceptors (Lipinski definition) is 8. The van der Waals surface area contributed by atoms with E-state index in [-0.39, 0.29) is 17.2 Å². The summed E-state index contributed by atoms with van der Waals surface area (Å²) in [5, 5.41) is 14.0. The second kappa shape index (κ2) is 11.1. The summed E-state index contributed by atoms with van der Waals surface area (Å²) in [6.45, 7) is 7.16. The van der Waals surface area contributed by atoms with E-state index in [9.17, 15) is 13.2 Å². The molecule has 0 unspecified atom stereocenters. The van der Waals surface area contributed by atoms with Gasteiger partial charge in [0.05, 0.1) is 19.4 Å². The molecule has 2 aromatic heterocycles. The fourth-order valence-electron chi connectivity index (χ4n) is 3.28. The summed E-state index contributed by atoms with van der Waals surface area (Å²) in [7, 11) is 1.67. The molecule has 2 N–H and O–H groups in total. The third-order valence-electron chi connectivity index (χ3n) is 5.01. The molecule has 0 aliphatic carbocycles. The number of alkyl halides is 2. The lowest BCUT2D eigenvalue weighted by Crippen LogP contribution is -2.37. The van der Waals surface area contributed by atoms with Crippen LogP contribution in [0.1, 0.15) is 26.3 Å². The first-order chi connectivity index (χ1) is 16.3. The van der Waals surface area contributed by atoms with Gasteiger partial charge in [-0.2, -0.15) is 4.98 Å². The van der Waals surface area contributed by atoms with Crippen molar-refractivity contribution in [2.45, 2.75) is 26.7 Å². The molecule has 1 aliphatic heterocycles. The Hall–Kier alpha value is -3.47. The van der Waals surface area contributed by atoms with Gasteiger partial charge in [0.15, 0.2) is 23.3 Å². The lowest BCUT2D eigenvalue weighted by atomic mass is 10.0. The van der Waals surface area contributed by atoms with E-state index in [1.807, 2.05) is 18.7 Å². The van der Waals surface area contributed by atoms with Crippen LogP contribution in [0.25, 0.3) is 11.1 Å². The number of anilines is 4. The molecule has 1 fully saturated rings. The predicted octanol–water partition coefficient (Wildman–Crippen LogP) is 4.83. The van der Waals surface area contributed by atoms with Crippen LogP contribution in [0.15, 0.2) is 36.5 Å². The molecule has 0 radical (unpaired) electrons. The number of halogens is 3. The third kappa shape index (κ3) is 5.90. The second-order valence-electron chi connectivity index (χ2n) is 7.30. The maximum absolute atomic E-state index is 14.4. The first-order valence-electron chi connectivity index (χ1n) is 11.0. The summed E-state index contributed by atoms with van der Waals surface area (Å²) in [4.78, 5) is 10.2. The highest BCUT2D eigenvalue weighted by Gasteiger charge is 2.24. The fraction of sp³-hybridized carbons (Fsp3) is 0.391. The number of benzene rings is 1. The van der Waals surface area contributed by atoms with Crippen molar-refractivity contribution in [3.05, 3.63) is 47.9 Å². The number of ether oxygens (including phenoxy) is 1. The Morgan fingerprint density at radius 3 is 2.32 bits per heavy atom. The fourth-order valence-corrected chi connectivity index (χ4v) is 3.28. The zero-order chi connectivity index (χ0) is 24.7. The summed E-state index contributed by atoms with van der Waals surface area (Å²) in [6, 6.07) is 7.53. The van der Waals surface area contributed by atoms with Crippen molar-refractivity contribution in [3.8, 4) is 11.1 Å². The standard InChI is InChI=1S/C21H22F3N7O.C2H6/c1-21(23,24)14-5-3-13(4-6-14)15-11-17(29-30-18(15)25-2)27-19-16(22)12-26-20(28-19)31-7-9-32-10-8-31;1-2/h3-6,11-12H,7-10H2,1-2H3,(H,25,30)(H,26,27,28,29);1-2H3. The second-order valence-corrected chi connectivity index (χ2v) is 7.30. The minimum Gasteiger partial charge on any atom is -0.378 e. The van der Waals surface area contributed by atoms with Crippen LogP contribution in [0.2, 0.25) is 0 Å². The molecule has 0 atom stereocenters. The van der Waals surface area contributed by atoms with Gasteiger partial charge in [-0.3, -0.25) is 0 Å². The maximum atomic E-state index is 14.4. The predicted molar refractivity (Wildman–Crippen MR) is 126 cm³/mol. The highest BCUT2D eigenvalue weighted by Crippen LogP contribution is 2.32. The molecule has 0 spiro atoms. The van der Waals surface area contributed by atoms with Gasteiger partial charge >= 0.3 is 0 Å². The van der Waals surface area contributed by atoms with Gasteiger partial charge in [-0.15, -0.1) is 10.2 Å². The van der Waals surface area contributed by atoms with Gasteiger partial charge in [0, 0.05) is 38.2 Å². The van der Waals surface area contributed by atoms with E-state index in [1.165, 1.54) is 12.1 Å². The first kappa shape index (κ1) is 25.2.